The SMILES string of the molecule is Clc1cc2c(nn1)-c1ccsc1CC2. The van der Waals surface area contributed by atoms with Crippen LogP contribution >= 0.6 is 22.9 Å². The Hall–Kier alpha value is -0.930. The fourth-order valence-corrected chi connectivity index (χ4v) is 2.86. The highest BCUT2D eigenvalue weighted by Crippen LogP contribution is 2.35. The van der Waals surface area contributed by atoms with Gasteiger partial charge in [0.2, 0.25) is 0 Å². The molecule has 0 aliphatic heterocycles. The van der Waals surface area contributed by atoms with Gasteiger partial charge in [-0.25, -0.2) is 0 Å². The number of fused-ring (bicyclic) bond motifs is 3. The quantitative estimate of drug-likeness (QED) is 0.685. The highest BCUT2D eigenvalue weighted by Gasteiger charge is 2.18. The molecule has 2 aromatic rings. The van der Waals surface area contributed by atoms with Crippen LogP contribution in [0, 0.1) is 0 Å². The minimum atomic E-state index is 0.488. The average Bonchev–Trinajstić information content (AvgIpc) is 2.65. The van der Waals surface area contributed by atoms with Gasteiger partial charge in [-0.3, -0.25) is 0 Å². The summed E-state index contributed by atoms with van der Waals surface area (Å²) in [7, 11) is 0. The number of rotatable bonds is 0. The standard InChI is InChI=1S/C10H7ClN2S/c11-9-5-6-1-2-8-7(3-4-14-8)10(6)13-12-9/h3-5H,1-2H2. The van der Waals surface area contributed by atoms with Crippen LogP contribution in [-0.4, -0.2) is 10.2 Å². The Morgan fingerprint density at radius 3 is 3.14 bits per heavy atom. The maximum atomic E-state index is 5.81. The molecule has 0 spiro atoms. The number of nitrogens with zero attached hydrogens (tertiary/aromatic N) is 2. The highest BCUT2D eigenvalue weighted by molar-refractivity contribution is 7.10. The van der Waals surface area contributed by atoms with Crippen LogP contribution < -0.4 is 0 Å². The molecule has 2 aromatic heterocycles. The third-order valence-corrected chi connectivity index (χ3v) is 3.63. The van der Waals surface area contributed by atoms with Gasteiger partial charge in [0.25, 0.3) is 0 Å². The van der Waals surface area contributed by atoms with E-state index in [1.807, 2.05) is 6.07 Å². The molecule has 1 aliphatic carbocycles. The van der Waals surface area contributed by atoms with Crippen molar-refractivity contribution in [3.63, 3.8) is 0 Å². The molecule has 2 heterocycles. The summed E-state index contributed by atoms with van der Waals surface area (Å²) in [4.78, 5) is 1.41. The lowest BCUT2D eigenvalue weighted by atomic mass is 9.96. The summed E-state index contributed by atoms with van der Waals surface area (Å²) in [6.07, 6.45) is 2.13. The molecule has 0 aromatic carbocycles. The molecule has 0 unspecified atom stereocenters. The molecule has 0 atom stereocenters. The maximum absolute atomic E-state index is 5.81. The van der Waals surface area contributed by atoms with Gasteiger partial charge in [0.15, 0.2) is 5.15 Å². The number of thiophene rings is 1. The van der Waals surface area contributed by atoms with Crippen molar-refractivity contribution in [3.05, 3.63) is 33.1 Å². The molecule has 0 radical (unpaired) electrons. The summed E-state index contributed by atoms with van der Waals surface area (Å²) in [6, 6.07) is 4.03. The van der Waals surface area contributed by atoms with Gasteiger partial charge >= 0.3 is 0 Å². The van der Waals surface area contributed by atoms with E-state index in [0.717, 1.165) is 18.5 Å². The van der Waals surface area contributed by atoms with Crippen molar-refractivity contribution < 1.29 is 0 Å². The van der Waals surface area contributed by atoms with E-state index in [-0.39, 0.29) is 0 Å². The van der Waals surface area contributed by atoms with Crippen LogP contribution in [0.2, 0.25) is 5.15 Å². The Morgan fingerprint density at radius 2 is 2.21 bits per heavy atom. The van der Waals surface area contributed by atoms with Gasteiger partial charge in [0, 0.05) is 10.4 Å². The van der Waals surface area contributed by atoms with Crippen LogP contribution in [0.3, 0.4) is 0 Å². The largest absolute Gasteiger partial charge is 0.152 e. The average molecular weight is 223 g/mol. The highest BCUT2D eigenvalue weighted by atomic mass is 35.5. The Bertz CT molecular complexity index is 493. The molecule has 0 bridgehead atoms. The van der Waals surface area contributed by atoms with E-state index in [4.69, 9.17) is 11.6 Å². The normalized spacial score (nSPS) is 13.5. The van der Waals surface area contributed by atoms with Gasteiger partial charge < -0.3 is 0 Å². The second kappa shape index (κ2) is 3.04. The summed E-state index contributed by atoms with van der Waals surface area (Å²) >= 11 is 7.60. The first-order chi connectivity index (χ1) is 6.84. The van der Waals surface area contributed by atoms with E-state index in [1.165, 1.54) is 16.0 Å². The summed E-state index contributed by atoms with van der Waals surface area (Å²) in [6.45, 7) is 0. The number of aromatic nitrogens is 2. The molecule has 1 aliphatic rings. The Balaban J connectivity index is 2.26. The van der Waals surface area contributed by atoms with Crippen LogP contribution in [0.5, 0.6) is 0 Å². The summed E-state index contributed by atoms with van der Waals surface area (Å²) in [5, 5.41) is 10.6. The van der Waals surface area contributed by atoms with E-state index >= 15 is 0 Å². The van der Waals surface area contributed by atoms with E-state index in [9.17, 15) is 0 Å². The van der Waals surface area contributed by atoms with Crippen LogP contribution in [0.25, 0.3) is 11.3 Å². The lowest BCUT2D eigenvalue weighted by Crippen LogP contribution is -2.04. The summed E-state index contributed by atoms with van der Waals surface area (Å²) < 4.78 is 0. The Morgan fingerprint density at radius 1 is 1.29 bits per heavy atom. The summed E-state index contributed by atoms with van der Waals surface area (Å²) in [5.74, 6) is 0. The zero-order valence-electron chi connectivity index (χ0n) is 7.33. The third-order valence-electron chi connectivity index (χ3n) is 2.46. The molecule has 0 amide bonds. The Labute approximate surface area is 90.6 Å². The van der Waals surface area contributed by atoms with Crippen molar-refractivity contribution in [3.8, 4) is 11.3 Å². The molecule has 3 rings (SSSR count). The van der Waals surface area contributed by atoms with Crippen molar-refractivity contribution >= 4 is 22.9 Å². The van der Waals surface area contributed by atoms with Crippen molar-refractivity contribution in [2.45, 2.75) is 12.8 Å². The third kappa shape index (κ3) is 1.16. The molecule has 70 valence electrons. The zero-order valence-corrected chi connectivity index (χ0v) is 8.90. The molecule has 0 N–H and O–H groups in total. The molecule has 4 heteroatoms. The smallest absolute Gasteiger partial charge is 0.149 e. The van der Waals surface area contributed by atoms with Crippen molar-refractivity contribution in [2.75, 3.05) is 0 Å². The van der Waals surface area contributed by atoms with E-state index in [0.29, 0.717) is 5.15 Å². The van der Waals surface area contributed by atoms with Crippen LogP contribution in [0.4, 0.5) is 0 Å². The van der Waals surface area contributed by atoms with Gasteiger partial charge in [-0.2, -0.15) is 0 Å². The monoisotopic (exact) mass is 222 g/mol. The first-order valence-corrected chi connectivity index (χ1v) is 5.69. The number of aryl methyl sites for hydroxylation is 2. The van der Waals surface area contributed by atoms with E-state index in [2.05, 4.69) is 21.6 Å². The molecule has 0 saturated carbocycles. The minimum absolute atomic E-state index is 0.488. The van der Waals surface area contributed by atoms with Crippen LogP contribution in [0.15, 0.2) is 17.5 Å². The lowest BCUT2D eigenvalue weighted by Gasteiger charge is -2.13. The first-order valence-electron chi connectivity index (χ1n) is 4.43. The number of halogens is 1. The van der Waals surface area contributed by atoms with Crippen molar-refractivity contribution in [1.29, 1.82) is 0 Å². The molecule has 14 heavy (non-hydrogen) atoms. The van der Waals surface area contributed by atoms with Gasteiger partial charge in [-0.15, -0.1) is 21.5 Å². The second-order valence-corrected chi connectivity index (χ2v) is 4.69. The maximum Gasteiger partial charge on any atom is 0.152 e. The molecule has 0 fully saturated rings. The minimum Gasteiger partial charge on any atom is -0.149 e. The predicted octanol–water partition coefficient (Wildman–Crippen LogP) is 2.96. The molecular formula is C10H7ClN2S. The lowest BCUT2D eigenvalue weighted by molar-refractivity contribution is 0.911. The van der Waals surface area contributed by atoms with Gasteiger partial charge in [-0.05, 0) is 35.9 Å². The van der Waals surface area contributed by atoms with Crippen LogP contribution in [0.1, 0.15) is 10.4 Å². The molecular weight excluding hydrogens is 216 g/mol. The number of hydrogen-bond acceptors (Lipinski definition) is 3. The predicted molar refractivity (Wildman–Crippen MR) is 57.8 cm³/mol. The second-order valence-electron chi connectivity index (χ2n) is 3.30. The molecule has 0 saturated heterocycles. The van der Waals surface area contributed by atoms with Gasteiger partial charge in [-0.1, -0.05) is 11.6 Å². The van der Waals surface area contributed by atoms with Crippen molar-refractivity contribution in [2.24, 2.45) is 0 Å². The fourth-order valence-electron chi connectivity index (χ4n) is 1.81. The van der Waals surface area contributed by atoms with E-state index < -0.39 is 0 Å². The fraction of sp³-hybridized carbons (Fsp3) is 0.200. The number of hydrogen-bond donors (Lipinski definition) is 0. The van der Waals surface area contributed by atoms with Crippen molar-refractivity contribution in [1.82, 2.24) is 10.2 Å². The topological polar surface area (TPSA) is 25.8 Å². The van der Waals surface area contributed by atoms with E-state index in [1.54, 1.807) is 11.3 Å². The zero-order chi connectivity index (χ0) is 9.54. The van der Waals surface area contributed by atoms with Gasteiger partial charge in [0.05, 0.1) is 5.69 Å². The Kier molecular flexibility index (Phi) is 1.82. The first kappa shape index (κ1) is 8.38. The summed E-state index contributed by atoms with van der Waals surface area (Å²) in [5.41, 5.74) is 3.47. The van der Waals surface area contributed by atoms with Gasteiger partial charge in [0.1, 0.15) is 0 Å². The molecule has 2 nitrogen and oxygen atoms in total. The van der Waals surface area contributed by atoms with Crippen LogP contribution in [-0.2, 0) is 12.8 Å².